The van der Waals surface area contributed by atoms with Crippen molar-refractivity contribution >= 4 is 29.9 Å². The van der Waals surface area contributed by atoms with Crippen LogP contribution in [0, 0.1) is 11.2 Å². The summed E-state index contributed by atoms with van der Waals surface area (Å²) in [6.07, 6.45) is 1.70. The first-order chi connectivity index (χ1) is 11.6. The maximum atomic E-state index is 11.0. The molecule has 0 unspecified atom stereocenters. The van der Waals surface area contributed by atoms with Gasteiger partial charge in [-0.2, -0.15) is 0 Å². The van der Waals surface area contributed by atoms with Gasteiger partial charge in [0.15, 0.2) is 0 Å². The van der Waals surface area contributed by atoms with Crippen LogP contribution in [-0.2, 0) is 0 Å². The average Bonchev–Trinajstić information content (AvgIpc) is 2.64. The van der Waals surface area contributed by atoms with E-state index in [1.807, 2.05) is 42.5 Å². The number of amides is 1. The number of halogens is 1. The van der Waals surface area contributed by atoms with Crippen LogP contribution in [0.1, 0.15) is 10.4 Å². The van der Waals surface area contributed by atoms with Gasteiger partial charge >= 0.3 is 0 Å². The molecular formula is C18H19BClN3O. The number of nitrogens with zero attached hydrogens (tertiary/aromatic N) is 2. The highest BCUT2D eigenvalue weighted by atomic mass is 35.5. The van der Waals surface area contributed by atoms with E-state index in [2.05, 4.69) is 10.9 Å². The third-order valence-corrected chi connectivity index (χ3v) is 4.22. The van der Waals surface area contributed by atoms with Crippen molar-refractivity contribution < 1.29 is 4.79 Å². The molecular weight excluding hydrogens is 320 g/mol. The van der Waals surface area contributed by atoms with Gasteiger partial charge in [0.05, 0.1) is 10.7 Å². The fraction of sp³-hybridized carbons (Fsp3) is 0.222. The first-order valence-corrected chi connectivity index (χ1v) is 8.23. The average molecular weight is 340 g/mol. The number of nitrogens with two attached hydrogens (primary N) is 1. The van der Waals surface area contributed by atoms with Crippen LogP contribution in [0.25, 0.3) is 0 Å². The second-order valence-corrected chi connectivity index (χ2v) is 5.98. The zero-order chi connectivity index (χ0) is 17.4. The number of primary amides is 1. The van der Waals surface area contributed by atoms with Gasteiger partial charge < -0.3 is 10.6 Å². The van der Waals surface area contributed by atoms with Crippen molar-refractivity contribution in [2.75, 3.05) is 18.0 Å². The molecule has 0 atom stereocenters. The van der Waals surface area contributed by atoms with Crippen LogP contribution in [0.5, 0.6) is 0 Å². The fourth-order valence-electron chi connectivity index (χ4n) is 2.55. The second kappa shape index (κ2) is 9.00. The minimum absolute atomic E-state index is 0.143. The Bertz CT molecular complexity index is 683. The van der Waals surface area contributed by atoms with Crippen molar-refractivity contribution in [3.8, 4) is 5.97 Å². The molecule has 0 spiro atoms. The Morgan fingerprint density at radius 3 is 2.08 bits per heavy atom. The van der Waals surface area contributed by atoms with Gasteiger partial charge in [0, 0.05) is 24.6 Å². The van der Waals surface area contributed by atoms with E-state index in [-0.39, 0.29) is 6.71 Å². The van der Waals surface area contributed by atoms with Crippen molar-refractivity contribution in [3.05, 3.63) is 65.2 Å². The van der Waals surface area contributed by atoms with E-state index in [4.69, 9.17) is 22.6 Å². The number of rotatable bonds is 2. The number of anilines is 1. The molecule has 4 nitrogen and oxygen atoms in total. The predicted octanol–water partition coefficient (Wildman–Crippen LogP) is 3.50. The summed E-state index contributed by atoms with van der Waals surface area (Å²) in [4.78, 5) is 13.2. The fourth-order valence-corrected chi connectivity index (χ4v) is 2.85. The molecule has 0 aromatic heterocycles. The number of benzene rings is 2. The van der Waals surface area contributed by atoms with Crippen molar-refractivity contribution in [1.29, 1.82) is 5.26 Å². The minimum atomic E-state index is -0.480. The standard InChI is InChI=1S/C12H13BClN3O.C6H6/c14-10-7-9(12(16)18)1-2-11(10)17-5-3-13(8-15)4-6-17;1-2-4-6-5-3-1/h1-2,7H,3-6H2,(H2,16,18);1-6H. The van der Waals surface area contributed by atoms with Crippen LogP contribution in [0.4, 0.5) is 5.69 Å². The SMILES string of the molecule is N#CB1CCN(c2ccc(C(N)=O)cc2Cl)CC1.c1ccccc1. The lowest BCUT2D eigenvalue weighted by Crippen LogP contribution is -2.36. The van der Waals surface area contributed by atoms with Crippen molar-refractivity contribution in [2.24, 2.45) is 5.73 Å². The maximum absolute atomic E-state index is 11.0. The Labute approximate surface area is 147 Å². The summed E-state index contributed by atoms with van der Waals surface area (Å²) in [5, 5.41) is 9.38. The normalized spacial score (nSPS) is 13.5. The van der Waals surface area contributed by atoms with Crippen LogP contribution in [0.2, 0.25) is 17.7 Å². The van der Waals surface area contributed by atoms with Gasteiger partial charge in [0.25, 0.3) is 6.71 Å². The van der Waals surface area contributed by atoms with Crippen LogP contribution < -0.4 is 10.6 Å². The molecule has 2 aromatic carbocycles. The Morgan fingerprint density at radius 2 is 1.67 bits per heavy atom. The van der Waals surface area contributed by atoms with Crippen molar-refractivity contribution in [3.63, 3.8) is 0 Å². The van der Waals surface area contributed by atoms with E-state index in [0.29, 0.717) is 10.6 Å². The van der Waals surface area contributed by atoms with Crippen molar-refractivity contribution in [1.82, 2.24) is 0 Å². The van der Waals surface area contributed by atoms with Gasteiger partial charge in [0.2, 0.25) is 5.91 Å². The molecule has 1 aliphatic heterocycles. The van der Waals surface area contributed by atoms with Gasteiger partial charge in [-0.1, -0.05) is 48.0 Å². The van der Waals surface area contributed by atoms with Crippen LogP contribution in [-0.4, -0.2) is 25.7 Å². The number of carbonyl (C=O) groups is 1. The zero-order valence-electron chi connectivity index (χ0n) is 13.4. The highest BCUT2D eigenvalue weighted by Gasteiger charge is 2.23. The third-order valence-electron chi connectivity index (χ3n) is 3.92. The molecule has 1 saturated heterocycles. The lowest BCUT2D eigenvalue weighted by Gasteiger charge is -2.30. The highest BCUT2D eigenvalue weighted by molar-refractivity contribution is 6.67. The molecule has 1 aliphatic rings. The summed E-state index contributed by atoms with van der Waals surface area (Å²) in [7, 11) is 0. The topological polar surface area (TPSA) is 70.1 Å². The van der Waals surface area contributed by atoms with Gasteiger partial charge in [0.1, 0.15) is 0 Å². The van der Waals surface area contributed by atoms with Gasteiger partial charge in [-0.25, -0.2) is 5.26 Å². The molecule has 1 amide bonds. The summed E-state index contributed by atoms with van der Waals surface area (Å²) >= 11 is 6.16. The smallest absolute Gasteiger partial charge is 0.271 e. The molecule has 0 bridgehead atoms. The molecule has 1 fully saturated rings. The van der Waals surface area contributed by atoms with Crippen LogP contribution in [0.15, 0.2) is 54.6 Å². The highest BCUT2D eigenvalue weighted by Crippen LogP contribution is 2.29. The van der Waals surface area contributed by atoms with Crippen LogP contribution in [0.3, 0.4) is 0 Å². The monoisotopic (exact) mass is 339 g/mol. The summed E-state index contributed by atoms with van der Waals surface area (Å²) in [5.74, 6) is 1.81. The molecule has 0 saturated carbocycles. The summed E-state index contributed by atoms with van der Waals surface area (Å²) in [5.41, 5.74) is 6.51. The number of hydrogen-bond acceptors (Lipinski definition) is 3. The van der Waals surface area contributed by atoms with E-state index >= 15 is 0 Å². The number of nitriles is 1. The number of carbonyl (C=O) groups excluding carboxylic acids is 1. The first-order valence-electron chi connectivity index (χ1n) is 7.85. The zero-order valence-corrected chi connectivity index (χ0v) is 14.1. The Hall–Kier alpha value is -2.45. The molecule has 24 heavy (non-hydrogen) atoms. The molecule has 122 valence electrons. The summed E-state index contributed by atoms with van der Waals surface area (Å²) in [6, 6.07) is 17.1. The van der Waals surface area contributed by atoms with E-state index in [1.54, 1.807) is 12.1 Å². The molecule has 2 aromatic rings. The minimum Gasteiger partial charge on any atom is -0.372 e. The van der Waals surface area contributed by atoms with Gasteiger partial charge in [-0.05, 0) is 30.8 Å². The van der Waals surface area contributed by atoms with E-state index in [0.717, 1.165) is 31.4 Å². The molecule has 1 heterocycles. The summed E-state index contributed by atoms with van der Waals surface area (Å²) < 4.78 is 0. The predicted molar refractivity (Wildman–Crippen MR) is 99.6 cm³/mol. The Kier molecular flexibility index (Phi) is 6.71. The van der Waals surface area contributed by atoms with E-state index in [1.165, 1.54) is 0 Å². The third kappa shape index (κ3) is 5.04. The maximum Gasteiger partial charge on any atom is 0.271 e. The second-order valence-electron chi connectivity index (χ2n) is 5.58. The lowest BCUT2D eigenvalue weighted by molar-refractivity contribution is 0.100. The molecule has 3 rings (SSSR count). The molecule has 6 heteroatoms. The Balaban J connectivity index is 0.000000292. The van der Waals surface area contributed by atoms with Gasteiger partial charge in [-0.15, -0.1) is 0 Å². The molecule has 2 N–H and O–H groups in total. The lowest BCUT2D eigenvalue weighted by atomic mass is 9.45. The Morgan fingerprint density at radius 1 is 1.12 bits per heavy atom. The molecule has 0 radical (unpaired) electrons. The van der Waals surface area contributed by atoms with Crippen LogP contribution >= 0.6 is 11.6 Å². The molecule has 0 aliphatic carbocycles. The van der Waals surface area contributed by atoms with E-state index in [9.17, 15) is 4.79 Å². The quantitative estimate of drug-likeness (QED) is 0.851. The largest absolute Gasteiger partial charge is 0.372 e. The van der Waals surface area contributed by atoms with E-state index < -0.39 is 5.91 Å². The van der Waals surface area contributed by atoms with Crippen molar-refractivity contribution in [2.45, 2.75) is 12.6 Å². The van der Waals surface area contributed by atoms with Gasteiger partial charge in [-0.3, -0.25) is 4.79 Å². The summed E-state index contributed by atoms with van der Waals surface area (Å²) in [6.45, 7) is 1.77. The first kappa shape index (κ1) is 17.9. The number of hydrogen-bond donors (Lipinski definition) is 1.